The van der Waals surface area contributed by atoms with Gasteiger partial charge in [-0.25, -0.2) is 0 Å². The van der Waals surface area contributed by atoms with Crippen molar-refractivity contribution in [3.05, 3.63) is 35.4 Å². The fourth-order valence-corrected chi connectivity index (χ4v) is 3.51. The van der Waals surface area contributed by atoms with E-state index in [2.05, 4.69) is 52.0 Å². The highest BCUT2D eigenvalue weighted by Gasteiger charge is 2.44. The third kappa shape index (κ3) is 2.86. The summed E-state index contributed by atoms with van der Waals surface area (Å²) >= 11 is 0. The zero-order chi connectivity index (χ0) is 14.1. The van der Waals surface area contributed by atoms with Gasteiger partial charge < -0.3 is 5.73 Å². The molecule has 1 atom stereocenters. The van der Waals surface area contributed by atoms with E-state index in [-0.39, 0.29) is 11.0 Å². The molecule has 0 bridgehead atoms. The Morgan fingerprint density at radius 1 is 1.16 bits per heavy atom. The van der Waals surface area contributed by atoms with E-state index in [0.29, 0.717) is 5.92 Å². The first-order valence-electron chi connectivity index (χ1n) is 7.73. The van der Waals surface area contributed by atoms with Crippen LogP contribution in [-0.4, -0.2) is 0 Å². The summed E-state index contributed by atoms with van der Waals surface area (Å²) in [5.41, 5.74) is 9.67. The standard InChI is InChI=1S/C18H29N/c1-14(2)12-15-8-7-9-16(13-15)18(19)11-6-5-10-17(18,3)4/h7-9,13-14H,5-6,10-12,19H2,1-4H3. The van der Waals surface area contributed by atoms with Crippen molar-refractivity contribution in [1.82, 2.24) is 0 Å². The third-order valence-corrected chi connectivity index (χ3v) is 4.92. The van der Waals surface area contributed by atoms with Crippen molar-refractivity contribution in [2.24, 2.45) is 17.1 Å². The molecule has 0 aliphatic heterocycles. The highest BCUT2D eigenvalue weighted by molar-refractivity contribution is 5.32. The van der Waals surface area contributed by atoms with Gasteiger partial charge in [-0.15, -0.1) is 0 Å². The van der Waals surface area contributed by atoms with Crippen LogP contribution < -0.4 is 5.73 Å². The number of nitrogens with two attached hydrogens (primary N) is 1. The molecule has 1 heteroatoms. The van der Waals surface area contributed by atoms with E-state index in [9.17, 15) is 0 Å². The summed E-state index contributed by atoms with van der Waals surface area (Å²) in [5.74, 6) is 0.698. The molecule has 2 N–H and O–H groups in total. The first-order valence-corrected chi connectivity index (χ1v) is 7.73. The second kappa shape index (κ2) is 5.28. The Bertz CT molecular complexity index is 433. The van der Waals surface area contributed by atoms with E-state index >= 15 is 0 Å². The first-order chi connectivity index (χ1) is 8.85. The van der Waals surface area contributed by atoms with Gasteiger partial charge in [-0.05, 0) is 41.7 Å². The Balaban J connectivity index is 2.34. The zero-order valence-corrected chi connectivity index (χ0v) is 13.0. The smallest absolute Gasteiger partial charge is 0.0461 e. The van der Waals surface area contributed by atoms with Gasteiger partial charge in [0.15, 0.2) is 0 Å². The zero-order valence-electron chi connectivity index (χ0n) is 13.0. The molecule has 1 aromatic carbocycles. The summed E-state index contributed by atoms with van der Waals surface area (Å²) in [6.07, 6.45) is 6.07. The van der Waals surface area contributed by atoms with Crippen LogP contribution in [0.25, 0.3) is 0 Å². The fraction of sp³-hybridized carbons (Fsp3) is 0.667. The molecule has 0 aromatic heterocycles. The molecule has 0 amide bonds. The SMILES string of the molecule is CC(C)Cc1cccc(C2(N)CCCCC2(C)C)c1. The van der Waals surface area contributed by atoms with Crippen LogP contribution >= 0.6 is 0 Å². The molecule has 1 aromatic rings. The Kier molecular flexibility index (Phi) is 4.06. The summed E-state index contributed by atoms with van der Waals surface area (Å²) in [4.78, 5) is 0. The molecule has 106 valence electrons. The minimum atomic E-state index is -0.155. The molecule has 19 heavy (non-hydrogen) atoms. The summed E-state index contributed by atoms with van der Waals surface area (Å²) < 4.78 is 0. The molecular formula is C18H29N. The second-order valence-electron chi connectivity index (χ2n) is 7.36. The van der Waals surface area contributed by atoms with Crippen LogP contribution in [0.5, 0.6) is 0 Å². The van der Waals surface area contributed by atoms with Gasteiger partial charge in [0.1, 0.15) is 0 Å². The van der Waals surface area contributed by atoms with Crippen molar-refractivity contribution in [2.45, 2.75) is 65.3 Å². The molecule has 1 saturated carbocycles. The maximum atomic E-state index is 6.86. The highest BCUT2D eigenvalue weighted by atomic mass is 14.8. The molecule has 0 saturated heterocycles. The highest BCUT2D eigenvalue weighted by Crippen LogP contribution is 2.48. The van der Waals surface area contributed by atoms with Crippen molar-refractivity contribution < 1.29 is 0 Å². The normalized spacial score (nSPS) is 26.6. The van der Waals surface area contributed by atoms with E-state index in [0.717, 1.165) is 12.8 Å². The molecule has 1 fully saturated rings. The Morgan fingerprint density at radius 3 is 2.47 bits per heavy atom. The average molecular weight is 259 g/mol. The van der Waals surface area contributed by atoms with E-state index in [1.54, 1.807) is 0 Å². The van der Waals surface area contributed by atoms with Crippen molar-refractivity contribution in [1.29, 1.82) is 0 Å². The molecule has 0 spiro atoms. The Hall–Kier alpha value is -0.820. The van der Waals surface area contributed by atoms with Crippen molar-refractivity contribution >= 4 is 0 Å². The minimum Gasteiger partial charge on any atom is -0.321 e. The lowest BCUT2D eigenvalue weighted by Crippen LogP contribution is -2.51. The van der Waals surface area contributed by atoms with Crippen molar-refractivity contribution in [3.8, 4) is 0 Å². The van der Waals surface area contributed by atoms with Gasteiger partial charge in [0.05, 0.1) is 0 Å². The van der Waals surface area contributed by atoms with Crippen LogP contribution in [0, 0.1) is 11.3 Å². The van der Waals surface area contributed by atoms with E-state index < -0.39 is 0 Å². The topological polar surface area (TPSA) is 26.0 Å². The molecule has 1 nitrogen and oxygen atoms in total. The predicted octanol–water partition coefficient (Wildman–Crippen LogP) is 4.64. The molecule has 0 heterocycles. The summed E-state index contributed by atoms with van der Waals surface area (Å²) in [7, 11) is 0. The number of rotatable bonds is 3. The van der Waals surface area contributed by atoms with Gasteiger partial charge in [-0.1, -0.05) is 64.8 Å². The lowest BCUT2D eigenvalue weighted by molar-refractivity contribution is 0.0978. The van der Waals surface area contributed by atoms with Crippen LogP contribution in [0.15, 0.2) is 24.3 Å². The van der Waals surface area contributed by atoms with Crippen LogP contribution in [0.1, 0.15) is 64.5 Å². The van der Waals surface area contributed by atoms with Gasteiger partial charge in [-0.3, -0.25) is 0 Å². The van der Waals surface area contributed by atoms with Crippen LogP contribution in [0.3, 0.4) is 0 Å². The average Bonchev–Trinajstić information content (AvgIpc) is 2.32. The first kappa shape index (κ1) is 14.6. The summed E-state index contributed by atoms with van der Waals surface area (Å²) in [6.45, 7) is 9.22. The van der Waals surface area contributed by atoms with Gasteiger partial charge in [0, 0.05) is 5.54 Å². The second-order valence-corrected chi connectivity index (χ2v) is 7.36. The fourth-order valence-electron chi connectivity index (χ4n) is 3.51. The largest absolute Gasteiger partial charge is 0.321 e. The molecule has 1 unspecified atom stereocenters. The number of hydrogen-bond acceptors (Lipinski definition) is 1. The lowest BCUT2D eigenvalue weighted by Gasteiger charge is -2.48. The van der Waals surface area contributed by atoms with Gasteiger partial charge in [0.2, 0.25) is 0 Å². The van der Waals surface area contributed by atoms with Gasteiger partial charge in [0.25, 0.3) is 0 Å². The molecule has 2 rings (SSSR count). The maximum absolute atomic E-state index is 6.86. The summed E-state index contributed by atoms with van der Waals surface area (Å²) in [6, 6.07) is 9.01. The Morgan fingerprint density at radius 2 is 1.84 bits per heavy atom. The third-order valence-electron chi connectivity index (χ3n) is 4.92. The molecule has 1 aliphatic rings. The molecule has 1 aliphatic carbocycles. The van der Waals surface area contributed by atoms with Crippen LogP contribution in [0.2, 0.25) is 0 Å². The number of hydrogen-bond donors (Lipinski definition) is 1. The maximum Gasteiger partial charge on any atom is 0.0461 e. The quantitative estimate of drug-likeness (QED) is 0.841. The van der Waals surface area contributed by atoms with E-state index in [1.165, 1.54) is 30.4 Å². The van der Waals surface area contributed by atoms with Crippen molar-refractivity contribution in [3.63, 3.8) is 0 Å². The number of benzene rings is 1. The van der Waals surface area contributed by atoms with Crippen LogP contribution in [-0.2, 0) is 12.0 Å². The molecular weight excluding hydrogens is 230 g/mol. The van der Waals surface area contributed by atoms with Crippen molar-refractivity contribution in [2.75, 3.05) is 0 Å². The molecule has 0 radical (unpaired) electrons. The van der Waals surface area contributed by atoms with Crippen LogP contribution in [0.4, 0.5) is 0 Å². The lowest BCUT2D eigenvalue weighted by atomic mass is 9.61. The van der Waals surface area contributed by atoms with E-state index in [1.807, 2.05) is 0 Å². The Labute approximate surface area is 118 Å². The summed E-state index contributed by atoms with van der Waals surface area (Å²) in [5, 5.41) is 0. The van der Waals surface area contributed by atoms with Gasteiger partial charge >= 0.3 is 0 Å². The predicted molar refractivity (Wildman–Crippen MR) is 83.1 cm³/mol. The monoisotopic (exact) mass is 259 g/mol. The minimum absolute atomic E-state index is 0.155. The van der Waals surface area contributed by atoms with E-state index in [4.69, 9.17) is 5.73 Å². The van der Waals surface area contributed by atoms with Gasteiger partial charge in [-0.2, -0.15) is 0 Å².